The second-order valence-corrected chi connectivity index (χ2v) is 6.89. The Hall–Kier alpha value is -2.52. The molecule has 4 rings (SSSR count). The molecule has 0 radical (unpaired) electrons. The van der Waals surface area contributed by atoms with Gasteiger partial charge < -0.3 is 15.7 Å². The van der Waals surface area contributed by atoms with Crippen molar-refractivity contribution in [3.8, 4) is 0 Å². The maximum Gasteiger partial charge on any atom is 0.235 e. The van der Waals surface area contributed by atoms with Gasteiger partial charge in [-0.1, -0.05) is 0 Å². The molecular formula is C17H22N6O3. The Bertz CT molecular complexity index is 864. The van der Waals surface area contributed by atoms with Gasteiger partial charge in [-0.25, -0.2) is 4.98 Å². The zero-order valence-corrected chi connectivity index (χ0v) is 14.5. The maximum atomic E-state index is 12.2. The summed E-state index contributed by atoms with van der Waals surface area (Å²) in [7, 11) is 1.79. The fourth-order valence-corrected chi connectivity index (χ4v) is 3.65. The molecular weight excluding hydrogens is 336 g/mol. The van der Waals surface area contributed by atoms with E-state index in [9.17, 15) is 14.7 Å². The number of hydrogen-bond acceptors (Lipinski definition) is 7. The first kappa shape index (κ1) is 16.9. The average molecular weight is 358 g/mol. The molecule has 2 aliphatic heterocycles. The van der Waals surface area contributed by atoms with E-state index in [2.05, 4.69) is 26.0 Å². The summed E-state index contributed by atoms with van der Waals surface area (Å²) in [6, 6.07) is 3.68. The highest BCUT2D eigenvalue weighted by Crippen LogP contribution is 2.30. The number of anilines is 1. The summed E-state index contributed by atoms with van der Waals surface area (Å²) >= 11 is 0. The molecule has 9 heteroatoms. The monoisotopic (exact) mass is 358 g/mol. The third-order valence-corrected chi connectivity index (χ3v) is 5.07. The third kappa shape index (κ3) is 3.04. The molecule has 138 valence electrons. The fourth-order valence-electron chi connectivity index (χ4n) is 3.65. The quantitative estimate of drug-likeness (QED) is 0.552. The summed E-state index contributed by atoms with van der Waals surface area (Å²) in [5, 5.41) is 24.2. The number of nitrogens with one attached hydrogen (secondary N) is 3. The van der Waals surface area contributed by atoms with Gasteiger partial charge in [0, 0.05) is 25.4 Å². The number of aromatic nitrogens is 3. The van der Waals surface area contributed by atoms with E-state index < -0.39 is 12.0 Å². The van der Waals surface area contributed by atoms with Gasteiger partial charge in [-0.3, -0.25) is 19.6 Å². The van der Waals surface area contributed by atoms with E-state index in [1.54, 1.807) is 11.7 Å². The molecule has 3 atom stereocenters. The minimum atomic E-state index is -0.466. The van der Waals surface area contributed by atoms with Gasteiger partial charge in [0.05, 0.1) is 23.8 Å². The van der Waals surface area contributed by atoms with E-state index >= 15 is 0 Å². The van der Waals surface area contributed by atoms with Crippen molar-refractivity contribution in [1.29, 1.82) is 0 Å². The molecule has 2 aromatic rings. The number of β-amino-alcohol motifs (C(OH)–C–C–N with tert-alkyl or cyclic N) is 1. The number of pyridine rings is 1. The molecule has 0 aromatic carbocycles. The number of carbonyl (C=O) groups excluding carboxylic acids is 2. The van der Waals surface area contributed by atoms with Crippen molar-refractivity contribution in [3.63, 3.8) is 0 Å². The van der Waals surface area contributed by atoms with Gasteiger partial charge in [0.1, 0.15) is 5.82 Å². The molecule has 2 amide bonds. The second kappa shape index (κ2) is 6.65. The van der Waals surface area contributed by atoms with Gasteiger partial charge >= 0.3 is 0 Å². The average Bonchev–Trinajstić information content (AvgIpc) is 2.93. The predicted molar refractivity (Wildman–Crippen MR) is 94.5 cm³/mol. The third-order valence-electron chi connectivity index (χ3n) is 5.07. The van der Waals surface area contributed by atoms with Crippen LogP contribution in [0.2, 0.25) is 0 Å². The van der Waals surface area contributed by atoms with Crippen molar-refractivity contribution in [2.24, 2.45) is 7.05 Å². The maximum absolute atomic E-state index is 12.2. The number of rotatable bonds is 3. The Morgan fingerprint density at radius 3 is 2.92 bits per heavy atom. The lowest BCUT2D eigenvalue weighted by Gasteiger charge is -2.29. The SMILES string of the molecule is Cn1nc(C2CCC(=O)NC2=O)c2ccc(N[C@@H]3CCNC[C@H]3O)nc21. The Morgan fingerprint density at radius 1 is 1.31 bits per heavy atom. The number of nitrogens with zero attached hydrogens (tertiary/aromatic N) is 3. The molecule has 0 spiro atoms. The molecule has 26 heavy (non-hydrogen) atoms. The second-order valence-electron chi connectivity index (χ2n) is 6.89. The molecule has 9 nitrogen and oxygen atoms in total. The summed E-state index contributed by atoms with van der Waals surface area (Å²) in [6.45, 7) is 1.41. The Labute approximate surface area is 150 Å². The molecule has 2 saturated heterocycles. The van der Waals surface area contributed by atoms with Crippen LogP contribution in [0.5, 0.6) is 0 Å². The molecule has 4 heterocycles. The van der Waals surface area contributed by atoms with Crippen molar-refractivity contribution in [2.45, 2.75) is 37.3 Å². The van der Waals surface area contributed by atoms with Crippen LogP contribution in [0.1, 0.15) is 30.9 Å². The van der Waals surface area contributed by atoms with Crippen molar-refractivity contribution in [3.05, 3.63) is 17.8 Å². The lowest BCUT2D eigenvalue weighted by atomic mass is 9.93. The van der Waals surface area contributed by atoms with Crippen LogP contribution in [-0.4, -0.2) is 56.9 Å². The van der Waals surface area contributed by atoms with E-state index in [4.69, 9.17) is 0 Å². The number of hydrogen-bond donors (Lipinski definition) is 4. The first-order valence-electron chi connectivity index (χ1n) is 8.85. The van der Waals surface area contributed by atoms with Crippen LogP contribution in [0.15, 0.2) is 12.1 Å². The van der Waals surface area contributed by atoms with Gasteiger partial charge in [0.15, 0.2) is 5.65 Å². The number of amides is 2. The lowest BCUT2D eigenvalue weighted by Crippen LogP contribution is -2.47. The van der Waals surface area contributed by atoms with Crippen molar-refractivity contribution in [1.82, 2.24) is 25.4 Å². The van der Waals surface area contributed by atoms with Gasteiger partial charge in [-0.2, -0.15) is 5.10 Å². The summed E-state index contributed by atoms with van der Waals surface area (Å²) in [6.07, 6.45) is 1.12. The summed E-state index contributed by atoms with van der Waals surface area (Å²) in [5.74, 6) is -0.317. The number of fused-ring (bicyclic) bond motifs is 1. The van der Waals surface area contributed by atoms with Gasteiger partial charge in [0.25, 0.3) is 0 Å². The number of imide groups is 1. The molecule has 1 unspecified atom stereocenters. The van der Waals surface area contributed by atoms with Crippen LogP contribution >= 0.6 is 0 Å². The van der Waals surface area contributed by atoms with E-state index in [0.717, 1.165) is 18.4 Å². The van der Waals surface area contributed by atoms with E-state index in [1.807, 2.05) is 12.1 Å². The summed E-state index contributed by atoms with van der Waals surface area (Å²) in [4.78, 5) is 28.2. The highest BCUT2D eigenvalue weighted by atomic mass is 16.3. The zero-order valence-electron chi connectivity index (χ0n) is 14.5. The first-order chi connectivity index (χ1) is 12.5. The number of aliphatic hydroxyl groups excluding tert-OH is 1. The molecule has 4 N–H and O–H groups in total. The van der Waals surface area contributed by atoms with Crippen LogP contribution in [0.25, 0.3) is 11.0 Å². The van der Waals surface area contributed by atoms with E-state index in [0.29, 0.717) is 36.5 Å². The number of carbonyl (C=O) groups is 2. The summed E-state index contributed by atoms with van der Waals surface area (Å²) < 4.78 is 1.65. The predicted octanol–water partition coefficient (Wildman–Crippen LogP) is -0.377. The first-order valence-corrected chi connectivity index (χ1v) is 8.85. The molecule has 2 fully saturated rings. The Kier molecular flexibility index (Phi) is 4.33. The zero-order chi connectivity index (χ0) is 18.3. The van der Waals surface area contributed by atoms with Gasteiger partial charge in [-0.15, -0.1) is 0 Å². The molecule has 2 aromatic heterocycles. The van der Waals surface area contributed by atoms with Crippen LogP contribution < -0.4 is 16.0 Å². The minimum Gasteiger partial charge on any atom is -0.390 e. The largest absolute Gasteiger partial charge is 0.390 e. The van der Waals surface area contributed by atoms with Gasteiger partial charge in [-0.05, 0) is 31.5 Å². The standard InChI is InChI=1S/C17H22N6O3/c1-23-16-9(15(22-23)10-3-5-14(25)21-17(10)26)2-4-13(20-16)19-11-6-7-18-8-12(11)24/h2,4,10-12,18,24H,3,5-8H2,1H3,(H,19,20)(H,21,25,26)/t10?,11-,12-/m1/s1. The van der Waals surface area contributed by atoms with E-state index in [-0.39, 0.29) is 17.9 Å². The van der Waals surface area contributed by atoms with Crippen molar-refractivity contribution >= 4 is 28.7 Å². The highest BCUT2D eigenvalue weighted by molar-refractivity contribution is 6.02. The number of aryl methyl sites for hydroxylation is 1. The topological polar surface area (TPSA) is 121 Å². The normalized spacial score (nSPS) is 26.8. The smallest absolute Gasteiger partial charge is 0.235 e. The lowest BCUT2D eigenvalue weighted by molar-refractivity contribution is -0.134. The molecule has 0 bridgehead atoms. The Balaban J connectivity index is 1.62. The number of aliphatic hydroxyl groups is 1. The Morgan fingerprint density at radius 2 is 2.15 bits per heavy atom. The molecule has 0 saturated carbocycles. The minimum absolute atomic E-state index is 0.0518. The van der Waals surface area contributed by atoms with Crippen molar-refractivity contribution < 1.29 is 14.7 Å². The molecule has 0 aliphatic carbocycles. The molecule has 2 aliphatic rings. The van der Waals surface area contributed by atoms with Crippen LogP contribution in [0, 0.1) is 0 Å². The highest BCUT2D eigenvalue weighted by Gasteiger charge is 2.32. The van der Waals surface area contributed by atoms with Crippen LogP contribution in [0.4, 0.5) is 5.82 Å². The van der Waals surface area contributed by atoms with Crippen LogP contribution in [0.3, 0.4) is 0 Å². The van der Waals surface area contributed by atoms with E-state index in [1.165, 1.54) is 0 Å². The fraction of sp³-hybridized carbons (Fsp3) is 0.529. The van der Waals surface area contributed by atoms with Crippen LogP contribution in [-0.2, 0) is 16.6 Å². The summed E-state index contributed by atoms with van der Waals surface area (Å²) in [5.41, 5.74) is 1.31. The van der Waals surface area contributed by atoms with Gasteiger partial charge in [0.2, 0.25) is 11.8 Å². The van der Waals surface area contributed by atoms with Crippen molar-refractivity contribution in [2.75, 3.05) is 18.4 Å². The number of piperidine rings is 2.